The number of rotatable bonds is 6. The van der Waals surface area contributed by atoms with Crippen molar-refractivity contribution in [1.29, 1.82) is 0 Å². The third-order valence-corrected chi connectivity index (χ3v) is 25.8. The van der Waals surface area contributed by atoms with Gasteiger partial charge in [-0.3, -0.25) is 0 Å². The zero-order chi connectivity index (χ0) is 19.7. The largest absolute Gasteiger partial charge is 1.00 e. The Balaban J connectivity index is 0.00000160. The van der Waals surface area contributed by atoms with Crippen LogP contribution >= 0.6 is 0 Å². The minimum Gasteiger partial charge on any atom is -1.00 e. The van der Waals surface area contributed by atoms with Crippen molar-refractivity contribution in [3.63, 3.8) is 0 Å². The van der Waals surface area contributed by atoms with Crippen molar-refractivity contribution in [3.05, 3.63) is 81.9 Å². The maximum atomic E-state index is 2.63. The molecule has 0 saturated heterocycles. The Morgan fingerprint density at radius 1 is 0.700 bits per heavy atom. The Morgan fingerprint density at radius 3 is 1.47 bits per heavy atom. The predicted molar refractivity (Wildman–Crippen MR) is 122 cm³/mol. The summed E-state index contributed by atoms with van der Waals surface area (Å²) in [7, 11) is 0. The van der Waals surface area contributed by atoms with E-state index in [-0.39, 0.29) is 30.2 Å². The first-order valence-corrected chi connectivity index (χ1v) is 19.9. The predicted octanol–water partition coefficient (Wildman–Crippen LogP) is 1.74. The SMILES string of the molecule is CCCC1=Cc2ccccc2[CH]1[Zr+2]([CH]1C(CCC)=Cc2ccccc21)=[Si](C)C.[Cl-].[Cl-]. The quantitative estimate of drug-likeness (QED) is 0.496. The van der Waals surface area contributed by atoms with Gasteiger partial charge in [-0.15, -0.1) is 0 Å². The second-order valence-corrected chi connectivity index (χ2v) is 26.4. The van der Waals surface area contributed by atoms with E-state index in [9.17, 15) is 0 Å². The summed E-state index contributed by atoms with van der Waals surface area (Å²) < 4.78 is 1.58. The van der Waals surface area contributed by atoms with Crippen LogP contribution in [0.5, 0.6) is 0 Å². The van der Waals surface area contributed by atoms with Crippen LogP contribution in [-0.4, -0.2) is 5.43 Å². The zero-order valence-corrected chi connectivity index (χ0v) is 23.5. The fourth-order valence-electron chi connectivity index (χ4n) is 5.26. The van der Waals surface area contributed by atoms with E-state index < -0.39 is 20.4 Å². The van der Waals surface area contributed by atoms with Crippen molar-refractivity contribution < 1.29 is 45.2 Å². The third kappa shape index (κ3) is 4.83. The van der Waals surface area contributed by atoms with E-state index in [0.29, 0.717) is 0 Å². The summed E-state index contributed by atoms with van der Waals surface area (Å²) >= 11 is -1.86. The molecule has 2 atom stereocenters. The molecule has 2 aliphatic carbocycles. The fourth-order valence-corrected chi connectivity index (χ4v) is 25.8. The Kier molecular flexibility index (Phi) is 9.88. The van der Waals surface area contributed by atoms with E-state index in [1.807, 2.05) is 0 Å². The van der Waals surface area contributed by atoms with E-state index in [1.54, 1.807) is 22.3 Å². The van der Waals surface area contributed by atoms with E-state index in [1.165, 1.54) is 36.8 Å². The Bertz CT molecular complexity index is 913. The van der Waals surface area contributed by atoms with Crippen LogP contribution < -0.4 is 24.8 Å². The standard InChI is InChI=1S/2C12H13.C2H6Si.2ClH.Zr/c2*1-2-5-10-8-11-6-3-4-7-12(11)9-10;1-3-2;;;/h2*3-4,6-9H,2,5H2,1H3;1-2H3;2*1H;/q;;;;;+2/p-2. The molecule has 0 heterocycles. The molecule has 0 spiro atoms. The second-order valence-electron chi connectivity index (χ2n) is 8.52. The second kappa shape index (κ2) is 11.5. The van der Waals surface area contributed by atoms with Gasteiger partial charge in [0.1, 0.15) is 0 Å². The number of hydrogen-bond acceptors (Lipinski definition) is 0. The number of benzene rings is 2. The minimum absolute atomic E-state index is 0. The number of hydrogen-bond donors (Lipinski definition) is 0. The van der Waals surface area contributed by atoms with Crippen LogP contribution in [0.25, 0.3) is 12.2 Å². The molecule has 0 amide bonds. The van der Waals surface area contributed by atoms with Crippen LogP contribution in [0.4, 0.5) is 0 Å². The topological polar surface area (TPSA) is 0 Å². The molecule has 2 aliphatic rings. The first-order chi connectivity index (χ1) is 13.7. The van der Waals surface area contributed by atoms with Crippen LogP contribution in [0, 0.1) is 0 Å². The van der Waals surface area contributed by atoms with E-state index in [0.717, 1.165) is 7.25 Å². The van der Waals surface area contributed by atoms with Crippen LogP contribution in [0.2, 0.25) is 13.1 Å². The van der Waals surface area contributed by atoms with Crippen molar-refractivity contribution >= 4 is 17.6 Å². The van der Waals surface area contributed by atoms with Crippen molar-refractivity contribution in [2.45, 2.75) is 59.9 Å². The molecule has 0 aromatic heterocycles. The van der Waals surface area contributed by atoms with Crippen LogP contribution in [0.15, 0.2) is 59.7 Å². The summed E-state index contributed by atoms with van der Waals surface area (Å²) in [6.45, 7) is 9.96. The molecule has 4 rings (SSSR count). The fraction of sp³-hybridized carbons (Fsp3) is 0.385. The van der Waals surface area contributed by atoms with Crippen LogP contribution in [0.3, 0.4) is 0 Å². The molecule has 0 radical (unpaired) electrons. The van der Waals surface area contributed by atoms with Crippen molar-refractivity contribution in [1.82, 2.24) is 0 Å². The smallest absolute Gasteiger partial charge is 1.00 e. The van der Waals surface area contributed by atoms with Gasteiger partial charge in [-0.1, -0.05) is 0 Å². The molecule has 0 saturated carbocycles. The van der Waals surface area contributed by atoms with Gasteiger partial charge >= 0.3 is 180 Å². The maximum absolute atomic E-state index is 2.63. The molecule has 0 aliphatic heterocycles. The summed E-state index contributed by atoms with van der Waals surface area (Å²) in [4.78, 5) is 0. The number of allylic oxidation sites excluding steroid dienone is 2. The van der Waals surface area contributed by atoms with E-state index in [4.69, 9.17) is 0 Å². The van der Waals surface area contributed by atoms with Crippen LogP contribution in [0.1, 0.15) is 69.0 Å². The molecule has 0 bridgehead atoms. The molecule has 0 nitrogen and oxygen atoms in total. The van der Waals surface area contributed by atoms with Gasteiger partial charge in [-0.05, 0) is 0 Å². The summed E-state index contributed by atoms with van der Waals surface area (Å²) in [5.41, 5.74) is 9.61. The van der Waals surface area contributed by atoms with Gasteiger partial charge in [0.15, 0.2) is 0 Å². The van der Waals surface area contributed by atoms with Gasteiger partial charge in [0.05, 0.1) is 0 Å². The summed E-state index contributed by atoms with van der Waals surface area (Å²) in [6, 6.07) is 18.6. The average Bonchev–Trinajstić information content (AvgIpc) is 3.22. The summed E-state index contributed by atoms with van der Waals surface area (Å²) in [6.07, 6.45) is 10.2. The summed E-state index contributed by atoms with van der Waals surface area (Å²) in [5.74, 6) is 0. The van der Waals surface area contributed by atoms with Crippen molar-refractivity contribution in [3.8, 4) is 0 Å². The Morgan fingerprint density at radius 2 is 1.10 bits per heavy atom. The van der Waals surface area contributed by atoms with E-state index in [2.05, 4.69) is 87.6 Å². The van der Waals surface area contributed by atoms with Gasteiger partial charge < -0.3 is 24.8 Å². The minimum atomic E-state index is -1.86. The molecule has 4 heteroatoms. The normalized spacial score (nSPS) is 18.1. The molecular weight excluding hydrogens is 503 g/mol. The molecule has 2 aromatic rings. The molecule has 2 aromatic carbocycles. The van der Waals surface area contributed by atoms with Crippen molar-refractivity contribution in [2.75, 3.05) is 0 Å². The monoisotopic (exact) mass is 532 g/mol. The van der Waals surface area contributed by atoms with E-state index >= 15 is 0 Å². The molecule has 30 heavy (non-hydrogen) atoms. The molecule has 0 N–H and O–H groups in total. The third-order valence-electron chi connectivity index (χ3n) is 6.31. The average molecular weight is 535 g/mol. The number of halogens is 2. The van der Waals surface area contributed by atoms with Gasteiger partial charge in [-0.25, -0.2) is 0 Å². The molecular formula is C26H32Cl2SiZr. The van der Waals surface area contributed by atoms with Gasteiger partial charge in [0, 0.05) is 0 Å². The Hall–Kier alpha value is -0.400. The van der Waals surface area contributed by atoms with Gasteiger partial charge in [0.2, 0.25) is 0 Å². The van der Waals surface area contributed by atoms with Gasteiger partial charge in [0.25, 0.3) is 0 Å². The first-order valence-electron chi connectivity index (χ1n) is 10.9. The Labute approximate surface area is 203 Å². The molecule has 158 valence electrons. The van der Waals surface area contributed by atoms with Crippen molar-refractivity contribution in [2.24, 2.45) is 0 Å². The number of fused-ring (bicyclic) bond motifs is 2. The first kappa shape index (κ1) is 25.9. The van der Waals surface area contributed by atoms with Gasteiger partial charge in [-0.2, -0.15) is 0 Å². The van der Waals surface area contributed by atoms with Crippen LogP contribution in [-0.2, 0) is 20.4 Å². The molecule has 2 unspecified atom stereocenters. The molecule has 0 fully saturated rings. The zero-order valence-electron chi connectivity index (χ0n) is 18.5. The maximum Gasteiger partial charge on any atom is -1.00 e. The summed E-state index contributed by atoms with van der Waals surface area (Å²) in [5, 5.41) is 0.